The van der Waals surface area contributed by atoms with Crippen molar-refractivity contribution in [2.45, 2.75) is 23.3 Å². The van der Waals surface area contributed by atoms with Crippen molar-refractivity contribution in [3.63, 3.8) is 0 Å². The molecule has 0 saturated heterocycles. The van der Waals surface area contributed by atoms with Gasteiger partial charge in [0.2, 0.25) is 5.91 Å². The van der Waals surface area contributed by atoms with Crippen LogP contribution in [0.25, 0.3) is 0 Å². The third kappa shape index (κ3) is 5.65. The van der Waals surface area contributed by atoms with Gasteiger partial charge in [-0.15, -0.1) is 11.8 Å². The average molecular weight is 459 g/mol. The zero-order valence-corrected chi connectivity index (χ0v) is 18.8. The van der Waals surface area contributed by atoms with Crippen LogP contribution in [0.3, 0.4) is 0 Å². The molecule has 0 aliphatic rings. The van der Waals surface area contributed by atoms with Gasteiger partial charge in [-0.25, -0.2) is 12.8 Å². The van der Waals surface area contributed by atoms with Crippen LogP contribution in [0.5, 0.6) is 0 Å². The van der Waals surface area contributed by atoms with E-state index in [1.807, 2.05) is 13.2 Å². The van der Waals surface area contributed by atoms with Crippen LogP contribution in [-0.4, -0.2) is 27.1 Å². The van der Waals surface area contributed by atoms with Gasteiger partial charge in [0.1, 0.15) is 12.4 Å². The smallest absolute Gasteiger partial charge is 0.264 e. The molecular weight excluding hydrogens is 435 g/mol. The molecule has 0 aliphatic carbocycles. The van der Waals surface area contributed by atoms with Crippen LogP contribution in [0.1, 0.15) is 11.1 Å². The summed E-state index contributed by atoms with van der Waals surface area (Å²) in [4.78, 5) is 13.6. The second kappa shape index (κ2) is 9.98. The van der Waals surface area contributed by atoms with Crippen LogP contribution in [0, 0.1) is 12.7 Å². The molecule has 1 N–H and O–H groups in total. The van der Waals surface area contributed by atoms with E-state index in [1.165, 1.54) is 30.0 Å². The average Bonchev–Trinajstić information content (AvgIpc) is 2.77. The molecule has 31 heavy (non-hydrogen) atoms. The van der Waals surface area contributed by atoms with Crippen molar-refractivity contribution in [2.75, 3.05) is 17.1 Å². The van der Waals surface area contributed by atoms with Gasteiger partial charge in [-0.1, -0.05) is 35.9 Å². The van der Waals surface area contributed by atoms with E-state index in [1.54, 1.807) is 54.6 Å². The molecule has 0 radical (unpaired) electrons. The third-order valence-corrected chi connectivity index (χ3v) is 7.22. The van der Waals surface area contributed by atoms with Gasteiger partial charge in [0.15, 0.2) is 0 Å². The van der Waals surface area contributed by atoms with Crippen LogP contribution in [-0.2, 0) is 21.4 Å². The first-order valence-electron chi connectivity index (χ1n) is 9.55. The van der Waals surface area contributed by atoms with Gasteiger partial charge in [-0.3, -0.25) is 9.10 Å². The molecule has 1 amide bonds. The van der Waals surface area contributed by atoms with E-state index in [4.69, 9.17) is 0 Å². The fourth-order valence-corrected chi connectivity index (χ4v) is 4.75. The zero-order chi connectivity index (χ0) is 22.4. The molecule has 8 heteroatoms. The Morgan fingerprint density at radius 2 is 1.65 bits per heavy atom. The van der Waals surface area contributed by atoms with Crippen LogP contribution in [0.2, 0.25) is 0 Å². The SMILES string of the molecule is CSc1ccc(S(=O)(=O)N(CC(=O)NCc2ccccc2F)c2ccc(C)cc2)cc1. The van der Waals surface area contributed by atoms with Gasteiger partial charge in [0, 0.05) is 17.0 Å². The highest BCUT2D eigenvalue weighted by atomic mass is 32.2. The molecule has 5 nitrogen and oxygen atoms in total. The molecule has 0 fully saturated rings. The zero-order valence-electron chi connectivity index (χ0n) is 17.2. The highest BCUT2D eigenvalue weighted by molar-refractivity contribution is 7.98. The summed E-state index contributed by atoms with van der Waals surface area (Å²) in [5.41, 5.74) is 1.67. The Morgan fingerprint density at radius 1 is 1.00 bits per heavy atom. The van der Waals surface area contributed by atoms with Gasteiger partial charge < -0.3 is 5.32 Å². The van der Waals surface area contributed by atoms with Gasteiger partial charge in [-0.05, 0) is 55.6 Å². The number of sulfonamides is 1. The van der Waals surface area contributed by atoms with Crippen molar-refractivity contribution < 1.29 is 17.6 Å². The Hall–Kier alpha value is -2.84. The molecule has 3 aromatic rings. The van der Waals surface area contributed by atoms with Crippen LogP contribution >= 0.6 is 11.8 Å². The summed E-state index contributed by atoms with van der Waals surface area (Å²) in [5, 5.41) is 2.60. The van der Waals surface area contributed by atoms with Crippen molar-refractivity contribution in [3.8, 4) is 0 Å². The van der Waals surface area contributed by atoms with Crippen molar-refractivity contribution in [2.24, 2.45) is 0 Å². The second-order valence-electron chi connectivity index (χ2n) is 6.89. The number of aryl methyl sites for hydroxylation is 1. The minimum Gasteiger partial charge on any atom is -0.350 e. The van der Waals surface area contributed by atoms with Gasteiger partial charge in [0.05, 0.1) is 10.6 Å². The molecular formula is C23H23FN2O3S2. The highest BCUT2D eigenvalue weighted by Crippen LogP contribution is 2.25. The standard InChI is InChI=1S/C23H23FN2O3S2/c1-17-7-9-19(10-8-17)26(31(28,29)21-13-11-20(30-2)12-14-21)16-23(27)25-15-18-5-3-4-6-22(18)24/h3-14H,15-16H2,1-2H3,(H,25,27). The number of amides is 1. The number of nitrogens with zero attached hydrogens (tertiary/aromatic N) is 1. The summed E-state index contributed by atoms with van der Waals surface area (Å²) in [5.74, 6) is -0.965. The van der Waals surface area contributed by atoms with E-state index in [2.05, 4.69) is 5.32 Å². The number of nitrogens with one attached hydrogen (secondary N) is 1. The summed E-state index contributed by atoms with van der Waals surface area (Å²) in [6.45, 7) is 1.44. The topological polar surface area (TPSA) is 66.5 Å². The first kappa shape index (κ1) is 22.8. The van der Waals surface area contributed by atoms with Crippen molar-refractivity contribution in [1.82, 2.24) is 5.32 Å². The van der Waals surface area contributed by atoms with E-state index in [9.17, 15) is 17.6 Å². The summed E-state index contributed by atoms with van der Waals surface area (Å²) in [6, 6.07) is 19.5. The molecule has 3 rings (SSSR count). The maximum Gasteiger partial charge on any atom is 0.264 e. The number of carbonyl (C=O) groups is 1. The Bertz CT molecular complexity index is 1150. The van der Waals surface area contributed by atoms with E-state index >= 15 is 0 Å². The first-order valence-corrected chi connectivity index (χ1v) is 12.2. The summed E-state index contributed by atoms with van der Waals surface area (Å²) in [6.07, 6.45) is 1.90. The fraction of sp³-hybridized carbons (Fsp3) is 0.174. The number of hydrogen-bond acceptors (Lipinski definition) is 4. The van der Waals surface area contributed by atoms with Crippen molar-refractivity contribution in [1.29, 1.82) is 0 Å². The molecule has 0 atom stereocenters. The second-order valence-corrected chi connectivity index (χ2v) is 9.63. The lowest BCUT2D eigenvalue weighted by Gasteiger charge is -2.24. The third-order valence-electron chi connectivity index (χ3n) is 4.69. The quantitative estimate of drug-likeness (QED) is 0.509. The maximum atomic E-state index is 13.8. The molecule has 0 bridgehead atoms. The normalized spacial score (nSPS) is 11.2. The predicted octanol–water partition coefficient (Wildman–Crippen LogP) is 4.37. The summed E-state index contributed by atoms with van der Waals surface area (Å²) < 4.78 is 41.6. The number of thioether (sulfide) groups is 1. The lowest BCUT2D eigenvalue weighted by atomic mass is 10.2. The molecule has 0 spiro atoms. The number of carbonyl (C=O) groups excluding carboxylic acids is 1. The maximum absolute atomic E-state index is 13.8. The minimum absolute atomic E-state index is 0.0320. The van der Waals surface area contributed by atoms with Crippen molar-refractivity contribution in [3.05, 3.63) is 89.7 Å². The van der Waals surface area contributed by atoms with Gasteiger partial charge in [-0.2, -0.15) is 0 Å². The molecule has 162 valence electrons. The predicted molar refractivity (Wildman–Crippen MR) is 122 cm³/mol. The number of benzene rings is 3. The first-order chi connectivity index (χ1) is 14.8. The van der Waals surface area contributed by atoms with E-state index in [-0.39, 0.29) is 11.4 Å². The molecule has 0 unspecified atom stereocenters. The Labute approximate surface area is 186 Å². The Morgan fingerprint density at radius 3 is 2.26 bits per heavy atom. The summed E-state index contributed by atoms with van der Waals surface area (Å²) >= 11 is 1.51. The van der Waals surface area contributed by atoms with Gasteiger partial charge in [0.25, 0.3) is 10.0 Å². The number of halogens is 1. The number of anilines is 1. The van der Waals surface area contributed by atoms with Gasteiger partial charge >= 0.3 is 0 Å². The Kier molecular flexibility index (Phi) is 7.35. The minimum atomic E-state index is -3.99. The molecule has 0 aliphatic heterocycles. The van der Waals surface area contributed by atoms with Crippen LogP contribution in [0.15, 0.2) is 82.6 Å². The molecule has 0 aromatic heterocycles. The highest BCUT2D eigenvalue weighted by Gasteiger charge is 2.27. The fourth-order valence-electron chi connectivity index (χ4n) is 2.92. The van der Waals surface area contributed by atoms with E-state index < -0.39 is 28.3 Å². The van der Waals surface area contributed by atoms with Crippen LogP contribution in [0.4, 0.5) is 10.1 Å². The Balaban J connectivity index is 1.86. The van der Waals surface area contributed by atoms with E-state index in [0.717, 1.165) is 14.8 Å². The monoisotopic (exact) mass is 458 g/mol. The number of hydrogen-bond donors (Lipinski definition) is 1. The van der Waals surface area contributed by atoms with E-state index in [0.29, 0.717) is 11.3 Å². The van der Waals surface area contributed by atoms with Crippen molar-refractivity contribution >= 4 is 33.4 Å². The number of rotatable bonds is 8. The summed E-state index contributed by atoms with van der Waals surface area (Å²) in [7, 11) is -3.99. The van der Waals surface area contributed by atoms with Crippen LogP contribution < -0.4 is 9.62 Å². The lowest BCUT2D eigenvalue weighted by Crippen LogP contribution is -2.40. The molecule has 3 aromatic carbocycles. The lowest BCUT2D eigenvalue weighted by molar-refractivity contribution is -0.119. The largest absolute Gasteiger partial charge is 0.350 e. The molecule has 0 heterocycles. The molecule has 0 saturated carbocycles.